The Kier molecular flexibility index (Phi) is 7.56. The van der Waals surface area contributed by atoms with Crippen LogP contribution in [0.3, 0.4) is 0 Å². The number of oxime groups is 2. The Balaban J connectivity index is 2.24. The van der Waals surface area contributed by atoms with Gasteiger partial charge in [0.05, 0.1) is 19.9 Å². The van der Waals surface area contributed by atoms with Crippen molar-refractivity contribution in [3.05, 3.63) is 64.7 Å². The molecule has 0 saturated carbocycles. The molecular weight excluding hydrogens is 360 g/mol. The average molecular weight is 384 g/mol. The molecule has 0 heterocycles. The molecule has 7 nitrogen and oxygen atoms in total. The van der Waals surface area contributed by atoms with Crippen LogP contribution in [0.2, 0.25) is 0 Å². The van der Waals surface area contributed by atoms with Crippen LogP contribution in [-0.2, 0) is 25.8 Å². The SMILES string of the molecule is CO/N=C(/C(=O)OC)c1cccc(C)c1CO/N=C(\C)c1ccc(OC)cc1. The van der Waals surface area contributed by atoms with E-state index >= 15 is 0 Å². The third-order valence-electron chi connectivity index (χ3n) is 4.14. The maximum absolute atomic E-state index is 12.1. The van der Waals surface area contributed by atoms with Crippen molar-refractivity contribution in [1.82, 2.24) is 0 Å². The summed E-state index contributed by atoms with van der Waals surface area (Å²) < 4.78 is 9.96. The second kappa shape index (κ2) is 10.1. The van der Waals surface area contributed by atoms with Crippen LogP contribution in [-0.4, -0.2) is 38.7 Å². The Morgan fingerprint density at radius 1 is 1.00 bits per heavy atom. The molecule has 0 spiro atoms. The van der Waals surface area contributed by atoms with Gasteiger partial charge in [0.15, 0.2) is 5.71 Å². The zero-order valence-corrected chi connectivity index (χ0v) is 16.7. The van der Waals surface area contributed by atoms with E-state index in [0.29, 0.717) is 5.56 Å². The number of carbonyl (C=O) groups excluding carboxylic acids is 1. The first kappa shape index (κ1) is 21.0. The van der Waals surface area contributed by atoms with Gasteiger partial charge in [-0.2, -0.15) is 0 Å². The molecule has 28 heavy (non-hydrogen) atoms. The predicted molar refractivity (Wildman–Crippen MR) is 107 cm³/mol. The van der Waals surface area contributed by atoms with E-state index in [2.05, 4.69) is 10.3 Å². The summed E-state index contributed by atoms with van der Waals surface area (Å²) in [6, 6.07) is 13.0. The standard InChI is InChI=1S/C21H24N2O5/c1-14-7-6-8-18(20(23-27-5)21(24)26-4)19(14)13-28-22-15(2)16-9-11-17(25-3)12-10-16/h6-12H,13H2,1-5H3/b22-15+,23-20+. The lowest BCUT2D eigenvalue weighted by Crippen LogP contribution is -2.20. The van der Waals surface area contributed by atoms with Crippen molar-refractivity contribution in [2.75, 3.05) is 21.3 Å². The molecule has 7 heteroatoms. The number of methoxy groups -OCH3 is 2. The van der Waals surface area contributed by atoms with Gasteiger partial charge in [0.25, 0.3) is 0 Å². The summed E-state index contributed by atoms with van der Waals surface area (Å²) in [4.78, 5) is 22.4. The molecular formula is C21H24N2O5. The first-order valence-electron chi connectivity index (χ1n) is 8.61. The van der Waals surface area contributed by atoms with Crippen molar-refractivity contribution in [1.29, 1.82) is 0 Å². The minimum atomic E-state index is -0.591. The summed E-state index contributed by atoms with van der Waals surface area (Å²) in [5.41, 5.74) is 3.99. The van der Waals surface area contributed by atoms with E-state index in [9.17, 15) is 4.79 Å². The molecule has 0 N–H and O–H groups in total. The smallest absolute Gasteiger partial charge is 0.360 e. The van der Waals surface area contributed by atoms with Crippen molar-refractivity contribution in [2.24, 2.45) is 10.3 Å². The number of aryl methyl sites for hydroxylation is 1. The fraction of sp³-hybridized carbons (Fsp3) is 0.286. The lowest BCUT2D eigenvalue weighted by atomic mass is 9.99. The molecule has 2 aromatic carbocycles. The molecule has 2 aromatic rings. The topological polar surface area (TPSA) is 78.7 Å². The van der Waals surface area contributed by atoms with Gasteiger partial charge in [-0.05, 0) is 49.2 Å². The van der Waals surface area contributed by atoms with Crippen LogP contribution in [0.15, 0.2) is 52.8 Å². The van der Waals surface area contributed by atoms with Crippen LogP contribution in [0.25, 0.3) is 0 Å². The molecule has 148 valence electrons. The Morgan fingerprint density at radius 2 is 1.71 bits per heavy atom. The summed E-state index contributed by atoms with van der Waals surface area (Å²) in [6.07, 6.45) is 0. The summed E-state index contributed by atoms with van der Waals surface area (Å²) in [5.74, 6) is 0.182. The van der Waals surface area contributed by atoms with Crippen molar-refractivity contribution in [3.63, 3.8) is 0 Å². The van der Waals surface area contributed by atoms with Crippen LogP contribution in [0.5, 0.6) is 5.75 Å². The number of ether oxygens (including phenoxy) is 2. The van der Waals surface area contributed by atoms with Crippen LogP contribution < -0.4 is 4.74 Å². The third-order valence-corrected chi connectivity index (χ3v) is 4.14. The Hall–Kier alpha value is -3.35. The van der Waals surface area contributed by atoms with Crippen molar-refractivity contribution in [2.45, 2.75) is 20.5 Å². The number of carbonyl (C=O) groups is 1. The summed E-state index contributed by atoms with van der Waals surface area (Å²) >= 11 is 0. The molecule has 0 unspecified atom stereocenters. The molecule has 0 amide bonds. The molecule has 0 bridgehead atoms. The Morgan fingerprint density at radius 3 is 2.32 bits per heavy atom. The third kappa shape index (κ3) is 5.09. The van der Waals surface area contributed by atoms with Crippen LogP contribution in [0, 0.1) is 6.92 Å². The highest BCUT2D eigenvalue weighted by atomic mass is 16.6. The van der Waals surface area contributed by atoms with E-state index in [-0.39, 0.29) is 12.3 Å². The fourth-order valence-electron chi connectivity index (χ4n) is 2.58. The van der Waals surface area contributed by atoms with Gasteiger partial charge in [-0.25, -0.2) is 4.79 Å². The van der Waals surface area contributed by atoms with Crippen LogP contribution in [0.1, 0.15) is 29.2 Å². The van der Waals surface area contributed by atoms with Crippen LogP contribution >= 0.6 is 0 Å². The molecule has 0 aromatic heterocycles. The van der Waals surface area contributed by atoms with Gasteiger partial charge in [0.2, 0.25) is 0 Å². The van der Waals surface area contributed by atoms with Gasteiger partial charge < -0.3 is 19.1 Å². The highest BCUT2D eigenvalue weighted by Gasteiger charge is 2.20. The second-order valence-corrected chi connectivity index (χ2v) is 5.89. The van der Waals surface area contributed by atoms with E-state index in [4.69, 9.17) is 19.1 Å². The zero-order chi connectivity index (χ0) is 20.5. The van der Waals surface area contributed by atoms with Gasteiger partial charge in [0.1, 0.15) is 19.5 Å². The average Bonchev–Trinajstić information content (AvgIpc) is 2.72. The second-order valence-electron chi connectivity index (χ2n) is 5.89. The highest BCUT2D eigenvalue weighted by molar-refractivity contribution is 6.43. The maximum atomic E-state index is 12.1. The molecule has 0 aliphatic carbocycles. The van der Waals surface area contributed by atoms with E-state index in [1.54, 1.807) is 13.2 Å². The molecule has 0 fully saturated rings. The molecule has 0 atom stereocenters. The number of hydrogen-bond donors (Lipinski definition) is 0. The van der Waals surface area contributed by atoms with Gasteiger partial charge in [-0.3, -0.25) is 0 Å². The quantitative estimate of drug-likeness (QED) is 0.396. The summed E-state index contributed by atoms with van der Waals surface area (Å²) in [5, 5.41) is 8.00. The van der Waals surface area contributed by atoms with E-state index in [1.807, 2.05) is 50.2 Å². The summed E-state index contributed by atoms with van der Waals surface area (Å²) in [7, 11) is 4.29. The number of rotatable bonds is 8. The molecule has 2 rings (SSSR count). The van der Waals surface area contributed by atoms with Crippen LogP contribution in [0.4, 0.5) is 0 Å². The van der Waals surface area contributed by atoms with Gasteiger partial charge in [0, 0.05) is 11.1 Å². The predicted octanol–water partition coefficient (Wildman–Crippen LogP) is 3.47. The van der Waals surface area contributed by atoms with Crippen molar-refractivity contribution >= 4 is 17.4 Å². The van der Waals surface area contributed by atoms with Crippen molar-refractivity contribution < 1.29 is 23.9 Å². The van der Waals surface area contributed by atoms with Crippen molar-refractivity contribution in [3.8, 4) is 5.75 Å². The number of nitrogens with zero attached hydrogens (tertiary/aromatic N) is 2. The largest absolute Gasteiger partial charge is 0.497 e. The maximum Gasteiger partial charge on any atom is 0.360 e. The Labute approximate surface area is 164 Å². The molecule has 0 saturated heterocycles. The fourth-order valence-corrected chi connectivity index (χ4v) is 2.58. The number of hydrogen-bond acceptors (Lipinski definition) is 7. The summed E-state index contributed by atoms with van der Waals surface area (Å²) in [6.45, 7) is 3.94. The van der Waals surface area contributed by atoms with E-state index < -0.39 is 5.97 Å². The first-order valence-corrected chi connectivity index (χ1v) is 8.61. The minimum Gasteiger partial charge on any atom is -0.497 e. The lowest BCUT2D eigenvalue weighted by Gasteiger charge is -2.12. The zero-order valence-electron chi connectivity index (χ0n) is 16.7. The monoisotopic (exact) mass is 384 g/mol. The normalized spacial score (nSPS) is 11.8. The lowest BCUT2D eigenvalue weighted by molar-refractivity contribution is -0.132. The Bertz CT molecular complexity index is 873. The highest BCUT2D eigenvalue weighted by Crippen LogP contribution is 2.18. The molecule has 0 aliphatic heterocycles. The van der Waals surface area contributed by atoms with Gasteiger partial charge in [-0.15, -0.1) is 0 Å². The van der Waals surface area contributed by atoms with E-state index in [0.717, 1.165) is 28.2 Å². The number of esters is 1. The van der Waals surface area contributed by atoms with E-state index in [1.165, 1.54) is 14.2 Å². The van der Waals surface area contributed by atoms with Gasteiger partial charge in [-0.1, -0.05) is 28.5 Å². The number of benzene rings is 2. The molecule has 0 aliphatic rings. The molecule has 0 radical (unpaired) electrons. The van der Waals surface area contributed by atoms with Gasteiger partial charge >= 0.3 is 5.97 Å². The minimum absolute atomic E-state index is 0.0724. The first-order chi connectivity index (χ1) is 13.5.